The van der Waals surface area contributed by atoms with Gasteiger partial charge < -0.3 is 5.11 Å². The van der Waals surface area contributed by atoms with Gasteiger partial charge >= 0.3 is 5.97 Å². The lowest BCUT2D eigenvalue weighted by Crippen LogP contribution is -2.29. The SMILES string of the molecule is O=C(O)C#CCN1CCCCC1. The van der Waals surface area contributed by atoms with Crippen LogP contribution in [0.15, 0.2) is 0 Å². The average Bonchev–Trinajstić information content (AvgIpc) is 2.05. The molecule has 0 spiro atoms. The molecule has 0 aromatic rings. The van der Waals surface area contributed by atoms with Gasteiger partial charge in [0.1, 0.15) is 0 Å². The number of hydrogen-bond donors (Lipinski definition) is 1. The second-order valence-electron chi connectivity index (χ2n) is 2.94. The van der Waals surface area contributed by atoms with E-state index in [-0.39, 0.29) is 0 Å². The fourth-order valence-electron chi connectivity index (χ4n) is 1.34. The molecule has 12 heavy (non-hydrogen) atoms. The third-order valence-electron chi connectivity index (χ3n) is 1.95. The topological polar surface area (TPSA) is 40.5 Å². The zero-order valence-electron chi connectivity index (χ0n) is 7.05. The highest BCUT2D eigenvalue weighted by molar-refractivity contribution is 5.86. The molecule has 0 aromatic heterocycles. The van der Waals surface area contributed by atoms with E-state index in [1.165, 1.54) is 19.3 Å². The molecule has 1 rings (SSSR count). The van der Waals surface area contributed by atoms with Crippen molar-refractivity contribution in [2.45, 2.75) is 19.3 Å². The van der Waals surface area contributed by atoms with Gasteiger partial charge in [-0.25, -0.2) is 4.79 Å². The van der Waals surface area contributed by atoms with Crippen LogP contribution in [0.2, 0.25) is 0 Å². The fraction of sp³-hybridized carbons (Fsp3) is 0.667. The molecule has 3 heteroatoms. The number of hydrogen-bond acceptors (Lipinski definition) is 2. The van der Waals surface area contributed by atoms with Gasteiger partial charge in [-0.3, -0.25) is 4.90 Å². The molecule has 0 atom stereocenters. The molecule has 0 aromatic carbocycles. The monoisotopic (exact) mass is 167 g/mol. The van der Waals surface area contributed by atoms with Crippen LogP contribution in [0.3, 0.4) is 0 Å². The van der Waals surface area contributed by atoms with Crippen LogP contribution in [0.5, 0.6) is 0 Å². The first kappa shape index (κ1) is 9.08. The second kappa shape index (κ2) is 4.78. The molecular weight excluding hydrogens is 154 g/mol. The van der Waals surface area contributed by atoms with Crippen molar-refractivity contribution in [3.63, 3.8) is 0 Å². The predicted molar refractivity (Wildman–Crippen MR) is 45.7 cm³/mol. The Bertz CT molecular complexity index is 208. The van der Waals surface area contributed by atoms with E-state index in [4.69, 9.17) is 5.11 Å². The summed E-state index contributed by atoms with van der Waals surface area (Å²) in [6.45, 7) is 2.73. The zero-order valence-corrected chi connectivity index (χ0v) is 7.05. The largest absolute Gasteiger partial charge is 0.472 e. The maximum Gasteiger partial charge on any atom is 0.381 e. The normalized spacial score (nSPS) is 18.0. The van der Waals surface area contributed by atoms with Crippen LogP contribution in [0.1, 0.15) is 19.3 Å². The summed E-state index contributed by atoms with van der Waals surface area (Å²) in [5.41, 5.74) is 0. The highest BCUT2D eigenvalue weighted by Crippen LogP contribution is 2.06. The number of rotatable bonds is 1. The molecule has 0 bridgehead atoms. The first-order valence-corrected chi connectivity index (χ1v) is 4.23. The maximum atomic E-state index is 10.0. The Morgan fingerprint density at radius 3 is 2.58 bits per heavy atom. The summed E-state index contributed by atoms with van der Waals surface area (Å²) in [6, 6.07) is 0. The second-order valence-corrected chi connectivity index (χ2v) is 2.94. The van der Waals surface area contributed by atoms with Crippen LogP contribution in [0.25, 0.3) is 0 Å². The summed E-state index contributed by atoms with van der Waals surface area (Å²) < 4.78 is 0. The third kappa shape index (κ3) is 3.40. The highest BCUT2D eigenvalue weighted by Gasteiger charge is 2.07. The summed E-state index contributed by atoms with van der Waals surface area (Å²) in [5, 5.41) is 8.25. The Morgan fingerprint density at radius 2 is 2.00 bits per heavy atom. The van der Waals surface area contributed by atoms with Crippen LogP contribution >= 0.6 is 0 Å². The van der Waals surface area contributed by atoms with E-state index < -0.39 is 5.97 Å². The predicted octanol–water partition coefficient (Wildman–Crippen LogP) is 0.560. The molecule has 0 amide bonds. The number of aliphatic carboxylic acids is 1. The maximum absolute atomic E-state index is 10.0. The molecule has 0 aliphatic carbocycles. The van der Waals surface area contributed by atoms with E-state index in [0.29, 0.717) is 6.54 Å². The first-order valence-electron chi connectivity index (χ1n) is 4.23. The van der Waals surface area contributed by atoms with Crippen LogP contribution in [-0.2, 0) is 4.79 Å². The van der Waals surface area contributed by atoms with E-state index in [1.807, 2.05) is 0 Å². The number of piperidine rings is 1. The summed E-state index contributed by atoms with van der Waals surface area (Å²) in [6.07, 6.45) is 3.73. The van der Waals surface area contributed by atoms with Gasteiger partial charge in [-0.2, -0.15) is 0 Å². The smallest absolute Gasteiger partial charge is 0.381 e. The van der Waals surface area contributed by atoms with Crippen molar-refractivity contribution in [1.29, 1.82) is 0 Å². The molecule has 1 aliphatic heterocycles. The van der Waals surface area contributed by atoms with E-state index in [0.717, 1.165) is 13.1 Å². The van der Waals surface area contributed by atoms with Crippen molar-refractivity contribution >= 4 is 5.97 Å². The fourth-order valence-corrected chi connectivity index (χ4v) is 1.34. The molecule has 0 saturated carbocycles. The summed E-state index contributed by atoms with van der Waals surface area (Å²) in [4.78, 5) is 12.2. The highest BCUT2D eigenvalue weighted by atomic mass is 16.4. The Hall–Kier alpha value is -1.01. The van der Waals surface area contributed by atoms with Gasteiger partial charge in [-0.1, -0.05) is 12.3 Å². The minimum absolute atomic E-state index is 0.603. The van der Waals surface area contributed by atoms with Crippen LogP contribution in [-0.4, -0.2) is 35.6 Å². The zero-order chi connectivity index (χ0) is 8.81. The van der Waals surface area contributed by atoms with Gasteiger partial charge in [0, 0.05) is 5.92 Å². The minimum Gasteiger partial charge on any atom is -0.472 e. The van der Waals surface area contributed by atoms with Gasteiger partial charge in [0.25, 0.3) is 0 Å². The number of carboxylic acids is 1. The van der Waals surface area contributed by atoms with Gasteiger partial charge in [-0.15, -0.1) is 0 Å². The van der Waals surface area contributed by atoms with E-state index in [1.54, 1.807) is 0 Å². The average molecular weight is 167 g/mol. The van der Waals surface area contributed by atoms with Crippen molar-refractivity contribution in [3.05, 3.63) is 0 Å². The lowest BCUT2D eigenvalue weighted by atomic mass is 10.1. The van der Waals surface area contributed by atoms with E-state index in [2.05, 4.69) is 16.7 Å². The molecule has 1 fully saturated rings. The van der Waals surface area contributed by atoms with E-state index in [9.17, 15) is 4.79 Å². The van der Waals surface area contributed by atoms with Crippen molar-refractivity contribution in [2.75, 3.05) is 19.6 Å². The van der Waals surface area contributed by atoms with Crippen molar-refractivity contribution in [2.24, 2.45) is 0 Å². The molecule has 3 nitrogen and oxygen atoms in total. The van der Waals surface area contributed by atoms with Crippen LogP contribution in [0, 0.1) is 11.8 Å². The molecule has 1 aliphatic rings. The molecule has 0 unspecified atom stereocenters. The van der Waals surface area contributed by atoms with E-state index >= 15 is 0 Å². The minimum atomic E-state index is -1.04. The number of carbonyl (C=O) groups is 1. The Labute approximate surface area is 72.4 Å². The Morgan fingerprint density at radius 1 is 1.33 bits per heavy atom. The van der Waals surface area contributed by atoms with Gasteiger partial charge in [0.15, 0.2) is 0 Å². The summed E-state index contributed by atoms with van der Waals surface area (Å²) in [5.74, 6) is 3.71. The molecule has 66 valence electrons. The van der Waals surface area contributed by atoms with Crippen LogP contribution in [0.4, 0.5) is 0 Å². The van der Waals surface area contributed by atoms with Crippen molar-refractivity contribution in [3.8, 4) is 11.8 Å². The summed E-state index contributed by atoms with van der Waals surface area (Å²) in [7, 11) is 0. The lowest BCUT2D eigenvalue weighted by molar-refractivity contribution is -0.130. The molecule has 1 N–H and O–H groups in total. The quantitative estimate of drug-likeness (QED) is 0.580. The Balaban J connectivity index is 2.22. The van der Waals surface area contributed by atoms with Crippen molar-refractivity contribution in [1.82, 2.24) is 4.90 Å². The van der Waals surface area contributed by atoms with Crippen LogP contribution < -0.4 is 0 Å². The molecular formula is C9H13NO2. The van der Waals surface area contributed by atoms with Gasteiger partial charge in [0.05, 0.1) is 6.54 Å². The third-order valence-corrected chi connectivity index (χ3v) is 1.95. The van der Waals surface area contributed by atoms with Gasteiger partial charge in [0.2, 0.25) is 0 Å². The number of likely N-dealkylation sites (tertiary alicyclic amines) is 1. The molecule has 1 saturated heterocycles. The summed E-state index contributed by atoms with van der Waals surface area (Å²) >= 11 is 0. The van der Waals surface area contributed by atoms with Gasteiger partial charge in [-0.05, 0) is 25.9 Å². The molecule has 0 radical (unpaired) electrons. The lowest BCUT2D eigenvalue weighted by Gasteiger charge is -2.23. The number of nitrogens with zero attached hydrogens (tertiary/aromatic N) is 1. The Kier molecular flexibility index (Phi) is 3.62. The number of carboxylic acid groups (broad SMARTS) is 1. The van der Waals surface area contributed by atoms with Crippen molar-refractivity contribution < 1.29 is 9.90 Å². The molecule has 1 heterocycles. The first-order chi connectivity index (χ1) is 5.79. The standard InChI is InChI=1S/C9H13NO2/c11-9(12)5-4-8-10-6-2-1-3-7-10/h1-3,6-8H2,(H,11,12).